The summed E-state index contributed by atoms with van der Waals surface area (Å²) in [6.45, 7) is 2.23. The van der Waals surface area contributed by atoms with Crippen molar-refractivity contribution in [3.63, 3.8) is 0 Å². The van der Waals surface area contributed by atoms with Gasteiger partial charge in [0.2, 0.25) is 5.65 Å². The lowest BCUT2D eigenvalue weighted by molar-refractivity contribution is 0.751. The molecule has 5 nitrogen and oxygen atoms in total. The summed E-state index contributed by atoms with van der Waals surface area (Å²) in [5.74, 6) is 2.05. The number of fused-ring (bicyclic) bond motifs is 1. The van der Waals surface area contributed by atoms with Gasteiger partial charge >= 0.3 is 0 Å². The number of anilines is 1. The van der Waals surface area contributed by atoms with Gasteiger partial charge in [-0.25, -0.2) is 4.98 Å². The quantitative estimate of drug-likeness (QED) is 0.916. The van der Waals surface area contributed by atoms with Crippen molar-refractivity contribution in [2.24, 2.45) is 0 Å². The summed E-state index contributed by atoms with van der Waals surface area (Å²) in [7, 11) is 0. The van der Waals surface area contributed by atoms with E-state index in [4.69, 9.17) is 0 Å². The van der Waals surface area contributed by atoms with E-state index in [0.717, 1.165) is 16.7 Å². The number of rotatable bonds is 4. The molecule has 1 fully saturated rings. The van der Waals surface area contributed by atoms with Gasteiger partial charge in [0.05, 0.1) is 0 Å². The lowest BCUT2D eigenvalue weighted by Gasteiger charge is -2.13. The number of nitrogens with zero attached hydrogens (tertiary/aromatic N) is 4. The highest BCUT2D eigenvalue weighted by Crippen LogP contribution is 2.31. The molecule has 6 heteroatoms. The SMILES string of the molecule is CCSC1CCC(Nc2nccn3cnnc23)C1. The molecule has 3 rings (SSSR count). The fourth-order valence-corrected chi connectivity index (χ4v) is 3.65. The highest BCUT2D eigenvalue weighted by Gasteiger charge is 2.25. The van der Waals surface area contributed by atoms with Gasteiger partial charge in [0.25, 0.3) is 0 Å². The zero-order valence-electron chi connectivity index (χ0n) is 10.4. The molecule has 1 saturated carbocycles. The van der Waals surface area contributed by atoms with Crippen LogP contribution in [0.4, 0.5) is 5.82 Å². The molecule has 96 valence electrons. The highest BCUT2D eigenvalue weighted by molar-refractivity contribution is 7.99. The maximum atomic E-state index is 4.37. The monoisotopic (exact) mass is 263 g/mol. The number of thioether (sulfide) groups is 1. The van der Waals surface area contributed by atoms with Crippen LogP contribution >= 0.6 is 11.8 Å². The van der Waals surface area contributed by atoms with Gasteiger partial charge < -0.3 is 5.32 Å². The smallest absolute Gasteiger partial charge is 0.203 e. The molecule has 18 heavy (non-hydrogen) atoms. The van der Waals surface area contributed by atoms with Crippen molar-refractivity contribution >= 4 is 23.2 Å². The molecule has 0 radical (unpaired) electrons. The predicted molar refractivity (Wildman–Crippen MR) is 74.0 cm³/mol. The van der Waals surface area contributed by atoms with Gasteiger partial charge in [-0.3, -0.25) is 4.40 Å². The Morgan fingerprint density at radius 1 is 1.50 bits per heavy atom. The Morgan fingerprint density at radius 3 is 3.33 bits per heavy atom. The molecule has 1 aliphatic rings. The summed E-state index contributed by atoms with van der Waals surface area (Å²) >= 11 is 2.06. The topological polar surface area (TPSA) is 55.1 Å². The lowest BCUT2D eigenvalue weighted by Crippen LogP contribution is -2.17. The lowest BCUT2D eigenvalue weighted by atomic mass is 10.2. The zero-order chi connectivity index (χ0) is 12.4. The maximum absolute atomic E-state index is 4.37. The molecular weight excluding hydrogens is 246 g/mol. The second-order valence-electron chi connectivity index (χ2n) is 4.57. The van der Waals surface area contributed by atoms with Gasteiger partial charge in [-0.05, 0) is 25.0 Å². The minimum atomic E-state index is 0.518. The molecule has 0 amide bonds. The van der Waals surface area contributed by atoms with Gasteiger partial charge in [0.1, 0.15) is 6.33 Å². The molecule has 0 saturated heterocycles. The number of hydrogen-bond acceptors (Lipinski definition) is 5. The Bertz CT molecular complexity index is 526. The fraction of sp³-hybridized carbons (Fsp3) is 0.583. The maximum Gasteiger partial charge on any atom is 0.203 e. The highest BCUT2D eigenvalue weighted by atomic mass is 32.2. The Labute approximate surface area is 110 Å². The molecule has 2 unspecified atom stereocenters. The Balaban J connectivity index is 1.71. The van der Waals surface area contributed by atoms with E-state index in [1.807, 2.05) is 10.6 Å². The van der Waals surface area contributed by atoms with Gasteiger partial charge in [-0.2, -0.15) is 11.8 Å². The van der Waals surface area contributed by atoms with Crippen LogP contribution < -0.4 is 5.32 Å². The summed E-state index contributed by atoms with van der Waals surface area (Å²) in [5.41, 5.74) is 0.809. The van der Waals surface area contributed by atoms with Crippen molar-refractivity contribution in [3.8, 4) is 0 Å². The molecule has 0 aromatic carbocycles. The van der Waals surface area contributed by atoms with Gasteiger partial charge in [-0.15, -0.1) is 10.2 Å². The van der Waals surface area contributed by atoms with E-state index in [1.54, 1.807) is 12.5 Å². The van der Waals surface area contributed by atoms with E-state index in [1.165, 1.54) is 25.0 Å². The Kier molecular flexibility index (Phi) is 3.36. The third-order valence-corrected chi connectivity index (χ3v) is 4.58. The van der Waals surface area contributed by atoms with Crippen molar-refractivity contribution in [2.45, 2.75) is 37.5 Å². The molecule has 2 aromatic heterocycles. The van der Waals surface area contributed by atoms with Gasteiger partial charge in [0, 0.05) is 23.7 Å². The average molecular weight is 263 g/mol. The third-order valence-electron chi connectivity index (χ3n) is 3.34. The fourth-order valence-electron chi connectivity index (χ4n) is 2.51. The molecule has 2 aromatic rings. The van der Waals surface area contributed by atoms with E-state index in [9.17, 15) is 0 Å². The van der Waals surface area contributed by atoms with Crippen LogP contribution in [0.15, 0.2) is 18.7 Å². The van der Waals surface area contributed by atoms with E-state index in [0.29, 0.717) is 6.04 Å². The van der Waals surface area contributed by atoms with Gasteiger partial charge in [-0.1, -0.05) is 6.92 Å². The molecule has 0 spiro atoms. The third kappa shape index (κ3) is 2.29. The van der Waals surface area contributed by atoms with Crippen LogP contribution in [-0.2, 0) is 0 Å². The molecule has 1 N–H and O–H groups in total. The molecule has 1 aliphatic carbocycles. The average Bonchev–Trinajstić information content (AvgIpc) is 2.99. The largest absolute Gasteiger partial charge is 0.364 e. The number of aromatic nitrogens is 4. The van der Waals surface area contributed by atoms with Crippen molar-refractivity contribution in [2.75, 3.05) is 11.1 Å². The molecule has 2 atom stereocenters. The summed E-state index contributed by atoms with van der Waals surface area (Å²) < 4.78 is 1.89. The van der Waals surface area contributed by atoms with Crippen LogP contribution in [0.3, 0.4) is 0 Å². The first-order chi connectivity index (χ1) is 8.86. The summed E-state index contributed by atoms with van der Waals surface area (Å²) in [6, 6.07) is 0.518. The van der Waals surface area contributed by atoms with Crippen LogP contribution in [0.1, 0.15) is 26.2 Å². The number of hydrogen-bond donors (Lipinski definition) is 1. The van der Waals surface area contributed by atoms with Crippen LogP contribution in [0, 0.1) is 0 Å². The van der Waals surface area contributed by atoms with Crippen molar-refractivity contribution in [3.05, 3.63) is 18.7 Å². The summed E-state index contributed by atoms with van der Waals surface area (Å²) in [4.78, 5) is 4.37. The summed E-state index contributed by atoms with van der Waals surface area (Å²) in [5, 5.41) is 12.3. The van der Waals surface area contributed by atoms with Crippen LogP contribution in [0.2, 0.25) is 0 Å². The second kappa shape index (κ2) is 5.14. The standard InChI is InChI=1S/C12H17N5S/c1-2-18-10-4-3-9(7-10)15-11-12-16-14-8-17(12)6-5-13-11/h5-6,8-10H,2-4,7H2,1H3,(H,13,15). The molecule has 0 aliphatic heterocycles. The van der Waals surface area contributed by atoms with Crippen molar-refractivity contribution < 1.29 is 0 Å². The van der Waals surface area contributed by atoms with E-state index in [-0.39, 0.29) is 0 Å². The van der Waals surface area contributed by atoms with E-state index in [2.05, 4.69) is 39.2 Å². The molecule has 2 heterocycles. The molecular formula is C12H17N5S. The zero-order valence-corrected chi connectivity index (χ0v) is 11.2. The van der Waals surface area contributed by atoms with Crippen molar-refractivity contribution in [1.82, 2.24) is 19.6 Å². The minimum Gasteiger partial charge on any atom is -0.364 e. The van der Waals surface area contributed by atoms with Crippen LogP contribution in [0.5, 0.6) is 0 Å². The predicted octanol–water partition coefficient (Wildman–Crippen LogP) is 2.21. The first kappa shape index (κ1) is 11.8. The Hall–Kier alpha value is -1.30. The van der Waals surface area contributed by atoms with Crippen LogP contribution in [0.25, 0.3) is 5.65 Å². The minimum absolute atomic E-state index is 0.518. The summed E-state index contributed by atoms with van der Waals surface area (Å²) in [6.07, 6.45) is 9.08. The second-order valence-corrected chi connectivity index (χ2v) is 6.15. The first-order valence-corrected chi connectivity index (χ1v) is 7.44. The van der Waals surface area contributed by atoms with E-state index < -0.39 is 0 Å². The van der Waals surface area contributed by atoms with Gasteiger partial charge in [0.15, 0.2) is 5.82 Å². The number of nitrogens with one attached hydrogen (secondary N) is 1. The van der Waals surface area contributed by atoms with Crippen molar-refractivity contribution in [1.29, 1.82) is 0 Å². The molecule has 0 bridgehead atoms. The first-order valence-electron chi connectivity index (χ1n) is 6.39. The normalized spacial score (nSPS) is 23.6. The Morgan fingerprint density at radius 2 is 2.44 bits per heavy atom. The van der Waals surface area contributed by atoms with Crippen LogP contribution in [-0.4, -0.2) is 36.6 Å². The van der Waals surface area contributed by atoms with E-state index >= 15 is 0 Å².